The van der Waals surface area contributed by atoms with Gasteiger partial charge in [-0.2, -0.15) is 0 Å². The molecule has 0 radical (unpaired) electrons. The van der Waals surface area contributed by atoms with Gasteiger partial charge in [-0.1, -0.05) is 19.3 Å². The highest BCUT2D eigenvalue weighted by Crippen LogP contribution is 2.33. The lowest BCUT2D eigenvalue weighted by molar-refractivity contribution is 0.0561. The van der Waals surface area contributed by atoms with E-state index in [4.69, 9.17) is 10.2 Å². The Morgan fingerprint density at radius 1 is 1.41 bits per heavy atom. The van der Waals surface area contributed by atoms with E-state index in [2.05, 4.69) is 4.74 Å². The molecule has 1 aromatic heterocycles. The van der Waals surface area contributed by atoms with Gasteiger partial charge in [0.1, 0.15) is 5.76 Å². The second-order valence-corrected chi connectivity index (χ2v) is 4.62. The molecule has 1 unspecified atom stereocenters. The normalized spacial score (nSPS) is 18.9. The van der Waals surface area contributed by atoms with E-state index in [-0.39, 0.29) is 11.8 Å². The van der Waals surface area contributed by atoms with Crippen LogP contribution >= 0.6 is 0 Å². The number of nitrogens with two attached hydrogens (primary N) is 1. The van der Waals surface area contributed by atoms with E-state index in [0.29, 0.717) is 11.7 Å². The molecule has 1 atom stereocenters. The third-order valence-corrected chi connectivity index (χ3v) is 3.50. The summed E-state index contributed by atoms with van der Waals surface area (Å²) in [7, 11) is 1.34. The van der Waals surface area contributed by atoms with Gasteiger partial charge in [0, 0.05) is 0 Å². The van der Waals surface area contributed by atoms with Gasteiger partial charge in [0.05, 0.1) is 13.2 Å². The highest BCUT2D eigenvalue weighted by atomic mass is 16.5. The zero-order valence-electron chi connectivity index (χ0n) is 10.1. The molecule has 0 spiro atoms. The van der Waals surface area contributed by atoms with Crippen molar-refractivity contribution in [1.82, 2.24) is 0 Å². The number of furan rings is 1. The Bertz CT molecular complexity index is 380. The SMILES string of the molecule is COC(=O)c1ccc(C(N)C2CCCCC2)o1. The van der Waals surface area contributed by atoms with Crippen molar-refractivity contribution >= 4 is 5.97 Å². The number of hydrogen-bond donors (Lipinski definition) is 1. The Morgan fingerprint density at radius 2 is 2.12 bits per heavy atom. The summed E-state index contributed by atoms with van der Waals surface area (Å²) in [5, 5.41) is 0. The van der Waals surface area contributed by atoms with E-state index in [1.807, 2.05) is 0 Å². The molecule has 0 amide bonds. The summed E-state index contributed by atoms with van der Waals surface area (Å²) in [5.41, 5.74) is 6.18. The molecule has 1 saturated carbocycles. The molecule has 1 aliphatic rings. The van der Waals surface area contributed by atoms with E-state index in [1.165, 1.54) is 26.4 Å². The average molecular weight is 237 g/mol. The van der Waals surface area contributed by atoms with Crippen molar-refractivity contribution in [2.45, 2.75) is 38.1 Å². The molecule has 2 N–H and O–H groups in total. The van der Waals surface area contributed by atoms with Gasteiger partial charge in [-0.15, -0.1) is 0 Å². The maximum atomic E-state index is 11.3. The highest BCUT2D eigenvalue weighted by Gasteiger charge is 2.25. The molecule has 0 aliphatic heterocycles. The monoisotopic (exact) mass is 237 g/mol. The van der Waals surface area contributed by atoms with Gasteiger partial charge in [-0.05, 0) is 30.9 Å². The van der Waals surface area contributed by atoms with E-state index in [1.54, 1.807) is 12.1 Å². The van der Waals surface area contributed by atoms with E-state index in [0.717, 1.165) is 12.8 Å². The predicted molar refractivity (Wildman–Crippen MR) is 63.6 cm³/mol. The van der Waals surface area contributed by atoms with Crippen molar-refractivity contribution in [3.63, 3.8) is 0 Å². The van der Waals surface area contributed by atoms with Gasteiger partial charge in [0.2, 0.25) is 5.76 Å². The number of rotatable bonds is 3. The fourth-order valence-electron chi connectivity index (χ4n) is 2.47. The molecule has 1 fully saturated rings. The zero-order valence-corrected chi connectivity index (χ0v) is 10.1. The fraction of sp³-hybridized carbons (Fsp3) is 0.615. The maximum Gasteiger partial charge on any atom is 0.373 e. The van der Waals surface area contributed by atoms with Crippen LogP contribution in [-0.4, -0.2) is 13.1 Å². The van der Waals surface area contributed by atoms with Crippen molar-refractivity contribution < 1.29 is 13.9 Å². The highest BCUT2D eigenvalue weighted by molar-refractivity contribution is 5.86. The summed E-state index contributed by atoms with van der Waals surface area (Å²) in [4.78, 5) is 11.3. The Hall–Kier alpha value is -1.29. The van der Waals surface area contributed by atoms with Gasteiger partial charge in [-0.25, -0.2) is 4.79 Å². The minimum atomic E-state index is -0.452. The largest absolute Gasteiger partial charge is 0.463 e. The van der Waals surface area contributed by atoms with E-state index in [9.17, 15) is 4.79 Å². The van der Waals surface area contributed by atoms with E-state index >= 15 is 0 Å². The summed E-state index contributed by atoms with van der Waals surface area (Å²) in [6.07, 6.45) is 6.07. The number of carbonyl (C=O) groups is 1. The number of methoxy groups -OCH3 is 1. The Kier molecular flexibility index (Phi) is 3.84. The van der Waals surface area contributed by atoms with Gasteiger partial charge in [0.15, 0.2) is 0 Å². The molecular weight excluding hydrogens is 218 g/mol. The second-order valence-electron chi connectivity index (χ2n) is 4.62. The molecule has 0 saturated heterocycles. The zero-order chi connectivity index (χ0) is 12.3. The Morgan fingerprint density at radius 3 is 2.76 bits per heavy atom. The first-order valence-electron chi connectivity index (χ1n) is 6.16. The van der Waals surface area contributed by atoms with Gasteiger partial charge in [0.25, 0.3) is 0 Å². The lowest BCUT2D eigenvalue weighted by Crippen LogP contribution is -2.23. The van der Waals surface area contributed by atoms with Gasteiger partial charge >= 0.3 is 5.97 Å². The standard InChI is InChI=1S/C13H19NO3/c1-16-13(15)11-8-7-10(17-11)12(14)9-5-3-2-4-6-9/h7-9,12H,2-6,14H2,1H3. The van der Waals surface area contributed by atoms with Crippen molar-refractivity contribution in [3.05, 3.63) is 23.7 Å². The van der Waals surface area contributed by atoms with Crippen molar-refractivity contribution in [2.24, 2.45) is 11.7 Å². The van der Waals surface area contributed by atoms with Crippen LogP contribution in [0.4, 0.5) is 0 Å². The van der Waals surface area contributed by atoms with Crippen molar-refractivity contribution in [2.75, 3.05) is 7.11 Å². The Balaban J connectivity index is 2.05. The predicted octanol–water partition coefficient (Wildman–Crippen LogP) is 2.65. The first-order chi connectivity index (χ1) is 8.22. The summed E-state index contributed by atoms with van der Waals surface area (Å²) in [5.74, 6) is 0.943. The molecule has 17 heavy (non-hydrogen) atoms. The van der Waals surface area contributed by atoms with Crippen molar-refractivity contribution in [3.8, 4) is 0 Å². The lowest BCUT2D eigenvalue weighted by atomic mass is 9.83. The molecule has 94 valence electrons. The van der Waals surface area contributed by atoms with Gasteiger partial charge < -0.3 is 14.9 Å². The van der Waals surface area contributed by atoms with E-state index < -0.39 is 5.97 Å². The number of carbonyl (C=O) groups excluding carboxylic acids is 1. The first-order valence-corrected chi connectivity index (χ1v) is 6.16. The maximum absolute atomic E-state index is 11.3. The first kappa shape index (κ1) is 12.2. The number of ether oxygens (including phenoxy) is 1. The van der Waals surface area contributed by atoms with Crippen LogP contribution in [0, 0.1) is 5.92 Å². The summed E-state index contributed by atoms with van der Waals surface area (Å²) < 4.78 is 10.1. The molecule has 1 aromatic rings. The quantitative estimate of drug-likeness (QED) is 0.821. The van der Waals surface area contributed by atoms with Crippen LogP contribution in [0.25, 0.3) is 0 Å². The van der Waals surface area contributed by atoms with Crippen LogP contribution in [0.3, 0.4) is 0 Å². The van der Waals surface area contributed by atoms with Crippen molar-refractivity contribution in [1.29, 1.82) is 0 Å². The molecule has 4 heteroatoms. The molecule has 1 heterocycles. The summed E-state index contributed by atoms with van der Waals surface area (Å²) in [6.45, 7) is 0. The van der Waals surface area contributed by atoms with Crippen LogP contribution < -0.4 is 5.73 Å². The van der Waals surface area contributed by atoms with Crippen LogP contribution in [0.2, 0.25) is 0 Å². The van der Waals surface area contributed by atoms with Crippen LogP contribution in [-0.2, 0) is 4.74 Å². The number of esters is 1. The summed E-state index contributed by atoms with van der Waals surface area (Å²) in [6, 6.07) is 3.31. The third-order valence-electron chi connectivity index (χ3n) is 3.50. The molecule has 4 nitrogen and oxygen atoms in total. The molecule has 0 bridgehead atoms. The molecular formula is C13H19NO3. The second kappa shape index (κ2) is 5.36. The lowest BCUT2D eigenvalue weighted by Gasteiger charge is -2.25. The summed E-state index contributed by atoms with van der Waals surface area (Å²) >= 11 is 0. The molecule has 0 aromatic carbocycles. The minimum Gasteiger partial charge on any atom is -0.463 e. The molecule has 1 aliphatic carbocycles. The number of hydrogen-bond acceptors (Lipinski definition) is 4. The minimum absolute atomic E-state index is 0.103. The van der Waals surface area contributed by atoms with Crippen LogP contribution in [0.5, 0.6) is 0 Å². The fourth-order valence-corrected chi connectivity index (χ4v) is 2.47. The average Bonchev–Trinajstić information content (AvgIpc) is 2.87. The molecule has 2 rings (SSSR count). The van der Waals surface area contributed by atoms with Crippen LogP contribution in [0.15, 0.2) is 16.5 Å². The smallest absolute Gasteiger partial charge is 0.373 e. The third kappa shape index (κ3) is 2.69. The Labute approximate surface area is 101 Å². The topological polar surface area (TPSA) is 65.5 Å². The van der Waals surface area contributed by atoms with Crippen LogP contribution in [0.1, 0.15) is 54.5 Å². The van der Waals surface area contributed by atoms with Gasteiger partial charge in [-0.3, -0.25) is 0 Å².